The Morgan fingerprint density at radius 1 is 1.09 bits per heavy atom. The van der Waals surface area contributed by atoms with Crippen molar-refractivity contribution in [1.29, 1.82) is 0 Å². The zero-order chi connectivity index (χ0) is 24.0. The number of aromatic nitrogens is 1. The molecule has 9 heteroatoms. The highest BCUT2D eigenvalue weighted by Gasteiger charge is 2.42. The standard InChI is InChI=1S/C25H30FN3O5/c1-32-22-15-19(9-10-27-22)24(31)29-13-14-34-25(17-29,16-23(30)28-11-3-2-4-12-28)18-33-21-7-5-20(26)6-8-21/h5-10,15H,2-4,11-14,16-18H2,1H3. The van der Waals surface area contributed by atoms with E-state index in [0.717, 1.165) is 32.4 Å². The van der Waals surface area contributed by atoms with Crippen LogP contribution in [0.3, 0.4) is 0 Å². The summed E-state index contributed by atoms with van der Waals surface area (Å²) in [5.41, 5.74) is -0.571. The number of benzene rings is 1. The number of carbonyl (C=O) groups excluding carboxylic acids is 2. The molecule has 4 rings (SSSR count). The number of hydrogen-bond donors (Lipinski definition) is 0. The van der Waals surface area contributed by atoms with Crippen LogP contribution in [-0.4, -0.2) is 78.7 Å². The Balaban J connectivity index is 1.53. The molecule has 34 heavy (non-hydrogen) atoms. The molecule has 0 spiro atoms. The van der Waals surface area contributed by atoms with E-state index in [1.807, 2.05) is 4.90 Å². The van der Waals surface area contributed by atoms with Crippen molar-refractivity contribution < 1.29 is 28.2 Å². The van der Waals surface area contributed by atoms with Crippen molar-refractivity contribution in [3.8, 4) is 11.6 Å². The second-order valence-corrected chi connectivity index (χ2v) is 8.71. The van der Waals surface area contributed by atoms with Crippen LogP contribution in [0.2, 0.25) is 0 Å². The second kappa shape index (κ2) is 10.8. The molecular formula is C25H30FN3O5. The van der Waals surface area contributed by atoms with E-state index in [1.165, 1.54) is 37.6 Å². The predicted octanol–water partition coefficient (Wildman–Crippen LogP) is 2.92. The molecule has 1 aromatic carbocycles. The number of carbonyl (C=O) groups is 2. The lowest BCUT2D eigenvalue weighted by atomic mass is 9.95. The van der Waals surface area contributed by atoms with Crippen LogP contribution in [0, 0.1) is 5.82 Å². The summed E-state index contributed by atoms with van der Waals surface area (Å²) >= 11 is 0. The molecule has 2 aliphatic rings. The first kappa shape index (κ1) is 23.9. The molecule has 2 aromatic rings. The summed E-state index contributed by atoms with van der Waals surface area (Å²) in [6.45, 7) is 2.37. The average molecular weight is 472 g/mol. The average Bonchev–Trinajstić information content (AvgIpc) is 2.88. The van der Waals surface area contributed by atoms with Gasteiger partial charge in [0.25, 0.3) is 5.91 Å². The first-order valence-corrected chi connectivity index (χ1v) is 11.6. The Labute approximate surface area is 198 Å². The van der Waals surface area contributed by atoms with Gasteiger partial charge in [0, 0.05) is 37.5 Å². The number of piperidine rings is 1. The molecule has 0 bridgehead atoms. The molecule has 0 aliphatic carbocycles. The Morgan fingerprint density at radius 3 is 2.59 bits per heavy atom. The molecule has 2 saturated heterocycles. The summed E-state index contributed by atoms with van der Waals surface area (Å²) in [6.07, 6.45) is 4.71. The number of amides is 2. The summed E-state index contributed by atoms with van der Waals surface area (Å²) in [6, 6.07) is 8.92. The number of ether oxygens (including phenoxy) is 3. The zero-order valence-electron chi connectivity index (χ0n) is 19.4. The van der Waals surface area contributed by atoms with Crippen molar-refractivity contribution in [2.45, 2.75) is 31.3 Å². The van der Waals surface area contributed by atoms with Gasteiger partial charge in [-0.15, -0.1) is 0 Å². The maximum atomic E-state index is 13.3. The molecule has 182 valence electrons. The lowest BCUT2D eigenvalue weighted by molar-refractivity contribution is -0.153. The summed E-state index contributed by atoms with van der Waals surface area (Å²) in [4.78, 5) is 34.0. The molecular weight excluding hydrogens is 441 g/mol. The summed E-state index contributed by atoms with van der Waals surface area (Å²) in [5, 5.41) is 0. The normalized spacial score (nSPS) is 20.6. The van der Waals surface area contributed by atoms with Crippen molar-refractivity contribution in [1.82, 2.24) is 14.8 Å². The lowest BCUT2D eigenvalue weighted by Crippen LogP contribution is -2.58. The highest BCUT2D eigenvalue weighted by Crippen LogP contribution is 2.27. The molecule has 3 heterocycles. The van der Waals surface area contributed by atoms with Gasteiger partial charge in [-0.05, 0) is 49.6 Å². The van der Waals surface area contributed by atoms with Crippen LogP contribution in [0.15, 0.2) is 42.6 Å². The van der Waals surface area contributed by atoms with Crippen LogP contribution >= 0.6 is 0 Å². The van der Waals surface area contributed by atoms with E-state index < -0.39 is 5.60 Å². The Bertz CT molecular complexity index is 996. The highest BCUT2D eigenvalue weighted by molar-refractivity contribution is 5.94. The number of rotatable bonds is 7. The number of nitrogens with zero attached hydrogens (tertiary/aromatic N) is 3. The third-order valence-electron chi connectivity index (χ3n) is 6.22. The molecule has 2 amide bonds. The minimum Gasteiger partial charge on any atom is -0.490 e. The fourth-order valence-electron chi connectivity index (χ4n) is 4.38. The maximum absolute atomic E-state index is 13.3. The fourth-order valence-corrected chi connectivity index (χ4v) is 4.38. The van der Waals surface area contributed by atoms with Crippen LogP contribution in [0.25, 0.3) is 0 Å². The Morgan fingerprint density at radius 2 is 1.85 bits per heavy atom. The minimum atomic E-state index is -1.02. The van der Waals surface area contributed by atoms with Gasteiger partial charge in [-0.2, -0.15) is 0 Å². The number of pyridine rings is 1. The molecule has 2 aliphatic heterocycles. The molecule has 0 N–H and O–H groups in total. The monoisotopic (exact) mass is 471 g/mol. The quantitative estimate of drug-likeness (QED) is 0.618. The fraction of sp³-hybridized carbons (Fsp3) is 0.480. The topological polar surface area (TPSA) is 81.2 Å². The first-order valence-electron chi connectivity index (χ1n) is 11.6. The minimum absolute atomic E-state index is 0.0118. The van der Waals surface area contributed by atoms with Gasteiger partial charge in [-0.3, -0.25) is 9.59 Å². The summed E-state index contributed by atoms with van der Waals surface area (Å²) in [5.74, 6) is 0.256. The smallest absolute Gasteiger partial charge is 0.254 e. The summed E-state index contributed by atoms with van der Waals surface area (Å²) < 4.78 is 30.5. The van der Waals surface area contributed by atoms with Crippen LogP contribution in [0.5, 0.6) is 11.6 Å². The number of morpholine rings is 1. The molecule has 0 saturated carbocycles. The van der Waals surface area contributed by atoms with Gasteiger partial charge in [0.2, 0.25) is 11.8 Å². The Kier molecular flexibility index (Phi) is 7.62. The zero-order valence-corrected chi connectivity index (χ0v) is 19.4. The van der Waals surface area contributed by atoms with Gasteiger partial charge in [0.05, 0.1) is 26.7 Å². The third-order valence-corrected chi connectivity index (χ3v) is 6.22. The van der Waals surface area contributed by atoms with Crippen LogP contribution in [0.4, 0.5) is 4.39 Å². The molecule has 1 aromatic heterocycles. The number of methoxy groups -OCH3 is 1. The summed E-state index contributed by atoms with van der Waals surface area (Å²) in [7, 11) is 1.50. The third kappa shape index (κ3) is 5.83. The van der Waals surface area contributed by atoms with Crippen LogP contribution in [0.1, 0.15) is 36.0 Å². The molecule has 0 radical (unpaired) electrons. The van der Waals surface area contributed by atoms with Crippen molar-refractivity contribution in [2.24, 2.45) is 0 Å². The van der Waals surface area contributed by atoms with Crippen molar-refractivity contribution in [2.75, 3.05) is 46.5 Å². The van der Waals surface area contributed by atoms with Gasteiger partial charge >= 0.3 is 0 Å². The molecule has 1 atom stereocenters. The molecule has 1 unspecified atom stereocenters. The number of likely N-dealkylation sites (tertiary alicyclic amines) is 1. The van der Waals surface area contributed by atoms with Crippen molar-refractivity contribution in [3.05, 3.63) is 54.0 Å². The van der Waals surface area contributed by atoms with Crippen LogP contribution in [-0.2, 0) is 9.53 Å². The van der Waals surface area contributed by atoms with Crippen LogP contribution < -0.4 is 9.47 Å². The van der Waals surface area contributed by atoms with E-state index in [1.54, 1.807) is 17.0 Å². The second-order valence-electron chi connectivity index (χ2n) is 8.71. The van der Waals surface area contributed by atoms with Gasteiger partial charge in [0.1, 0.15) is 23.8 Å². The Hall–Kier alpha value is -3.20. The highest BCUT2D eigenvalue weighted by atomic mass is 19.1. The van der Waals surface area contributed by atoms with E-state index in [9.17, 15) is 14.0 Å². The lowest BCUT2D eigenvalue weighted by Gasteiger charge is -2.43. The van der Waals surface area contributed by atoms with Gasteiger partial charge in [0.15, 0.2) is 0 Å². The van der Waals surface area contributed by atoms with Gasteiger partial charge in [-0.25, -0.2) is 9.37 Å². The van der Waals surface area contributed by atoms with E-state index in [-0.39, 0.29) is 43.8 Å². The predicted molar refractivity (Wildman–Crippen MR) is 122 cm³/mol. The van der Waals surface area contributed by atoms with Gasteiger partial charge < -0.3 is 24.0 Å². The van der Waals surface area contributed by atoms with E-state index in [0.29, 0.717) is 23.7 Å². The maximum Gasteiger partial charge on any atom is 0.254 e. The van der Waals surface area contributed by atoms with E-state index in [4.69, 9.17) is 14.2 Å². The first-order chi connectivity index (χ1) is 16.5. The van der Waals surface area contributed by atoms with E-state index in [2.05, 4.69) is 4.98 Å². The molecule has 2 fully saturated rings. The van der Waals surface area contributed by atoms with Crippen molar-refractivity contribution >= 4 is 11.8 Å². The van der Waals surface area contributed by atoms with Gasteiger partial charge in [-0.1, -0.05) is 0 Å². The number of hydrogen-bond acceptors (Lipinski definition) is 6. The van der Waals surface area contributed by atoms with Crippen molar-refractivity contribution in [3.63, 3.8) is 0 Å². The SMILES string of the molecule is COc1cc(C(=O)N2CCOC(COc3ccc(F)cc3)(CC(=O)N3CCCCC3)C2)ccn1. The number of halogens is 1. The molecule has 8 nitrogen and oxygen atoms in total. The largest absolute Gasteiger partial charge is 0.490 e. The van der Waals surface area contributed by atoms with E-state index >= 15 is 0 Å².